The Balaban J connectivity index is 0.00000169. The summed E-state index contributed by atoms with van der Waals surface area (Å²) in [6.07, 6.45) is 3.70. The maximum Gasteiger partial charge on any atom is 0.132 e. The van der Waals surface area contributed by atoms with Gasteiger partial charge in [0.05, 0.1) is 6.54 Å². The molecule has 2 aromatic rings. The minimum Gasteiger partial charge on any atom is -0.491 e. The van der Waals surface area contributed by atoms with Crippen molar-refractivity contribution < 1.29 is 4.74 Å². The molecular formula is C19H28Cl2N4O. The Bertz CT molecular complexity index is 708. The molecule has 0 atom stereocenters. The van der Waals surface area contributed by atoms with Gasteiger partial charge < -0.3 is 15.4 Å². The molecule has 1 aromatic carbocycles. The third-order valence-corrected chi connectivity index (χ3v) is 4.67. The zero-order chi connectivity index (χ0) is 17.1. The Morgan fingerprint density at radius 2 is 1.88 bits per heavy atom. The second-order valence-corrected chi connectivity index (χ2v) is 6.77. The van der Waals surface area contributed by atoms with Crippen LogP contribution in [0.3, 0.4) is 0 Å². The summed E-state index contributed by atoms with van der Waals surface area (Å²) in [5.41, 5.74) is 9.40. The monoisotopic (exact) mass is 398 g/mol. The van der Waals surface area contributed by atoms with Crippen LogP contribution in [0.2, 0.25) is 0 Å². The van der Waals surface area contributed by atoms with E-state index in [1.807, 2.05) is 13.1 Å². The van der Waals surface area contributed by atoms with Crippen molar-refractivity contribution in [2.45, 2.75) is 38.6 Å². The summed E-state index contributed by atoms with van der Waals surface area (Å²) < 4.78 is 5.91. The lowest BCUT2D eigenvalue weighted by atomic mass is 9.78. The van der Waals surface area contributed by atoms with Gasteiger partial charge in [-0.25, -0.2) is 9.97 Å². The average Bonchev–Trinajstić information content (AvgIpc) is 2.54. The summed E-state index contributed by atoms with van der Waals surface area (Å²) >= 11 is 0. The van der Waals surface area contributed by atoms with Gasteiger partial charge in [0.15, 0.2) is 0 Å². The lowest BCUT2D eigenvalue weighted by Gasteiger charge is -2.32. The van der Waals surface area contributed by atoms with Crippen molar-refractivity contribution in [2.75, 3.05) is 25.1 Å². The van der Waals surface area contributed by atoms with E-state index in [0.717, 1.165) is 36.6 Å². The number of halogens is 2. The van der Waals surface area contributed by atoms with E-state index in [1.54, 1.807) is 6.33 Å². The maximum atomic E-state index is 5.91. The molecule has 26 heavy (non-hydrogen) atoms. The number of aromatic nitrogens is 2. The second kappa shape index (κ2) is 9.95. The van der Waals surface area contributed by atoms with Crippen LogP contribution in [0, 0.1) is 13.8 Å². The number of nitrogens with two attached hydrogens (primary N) is 1. The minimum absolute atomic E-state index is 0. The van der Waals surface area contributed by atoms with E-state index in [2.05, 4.69) is 46.9 Å². The summed E-state index contributed by atoms with van der Waals surface area (Å²) in [4.78, 5) is 10.9. The fraction of sp³-hybridized carbons (Fsp3) is 0.474. The first-order valence-corrected chi connectivity index (χ1v) is 8.51. The van der Waals surface area contributed by atoms with Gasteiger partial charge in [0.2, 0.25) is 0 Å². The van der Waals surface area contributed by atoms with Crippen LogP contribution >= 0.6 is 24.8 Å². The molecule has 0 bridgehead atoms. The lowest BCUT2D eigenvalue weighted by molar-refractivity contribution is 0.323. The normalized spacial score (nSPS) is 18.2. The standard InChI is InChI=1S/C19H26N4O.2ClH/c1-13-4-5-18(14(2)8-13)24-7-6-23(3)19-11-17(21-12-22-19)15-9-16(20)10-15;;/h4-5,8,11-12,15-16H,6-7,9-10,20H2,1-3H3;2*1H. The number of rotatable bonds is 6. The number of nitrogens with zero attached hydrogens (tertiary/aromatic N) is 3. The van der Waals surface area contributed by atoms with Gasteiger partial charge in [-0.2, -0.15) is 0 Å². The quantitative estimate of drug-likeness (QED) is 0.803. The van der Waals surface area contributed by atoms with Crippen molar-refractivity contribution in [2.24, 2.45) is 5.73 Å². The van der Waals surface area contributed by atoms with Crippen LogP contribution in [0.15, 0.2) is 30.6 Å². The largest absolute Gasteiger partial charge is 0.491 e. The van der Waals surface area contributed by atoms with Gasteiger partial charge in [-0.1, -0.05) is 17.7 Å². The third-order valence-electron chi connectivity index (χ3n) is 4.67. The molecule has 1 aliphatic rings. The Morgan fingerprint density at radius 1 is 1.15 bits per heavy atom. The Kier molecular flexibility index (Phi) is 8.60. The number of benzene rings is 1. The van der Waals surface area contributed by atoms with Gasteiger partial charge >= 0.3 is 0 Å². The molecule has 1 heterocycles. The Morgan fingerprint density at radius 3 is 2.54 bits per heavy atom. The summed E-state index contributed by atoms with van der Waals surface area (Å²) in [6, 6.07) is 8.66. The summed E-state index contributed by atoms with van der Waals surface area (Å²) in [6.45, 7) is 5.56. The Labute approximate surface area is 168 Å². The molecular weight excluding hydrogens is 371 g/mol. The predicted octanol–water partition coefficient (Wildman–Crippen LogP) is 3.66. The number of likely N-dealkylation sites (N-methyl/N-ethyl adjacent to an activating group) is 1. The van der Waals surface area contributed by atoms with Crippen LogP contribution in [0.25, 0.3) is 0 Å². The first-order chi connectivity index (χ1) is 11.5. The molecule has 5 nitrogen and oxygen atoms in total. The van der Waals surface area contributed by atoms with Crippen LogP contribution in [-0.2, 0) is 0 Å². The van der Waals surface area contributed by atoms with Crippen molar-refractivity contribution in [3.05, 3.63) is 47.4 Å². The van der Waals surface area contributed by atoms with Gasteiger partial charge in [0, 0.05) is 30.8 Å². The molecule has 0 saturated heterocycles. The fourth-order valence-corrected chi connectivity index (χ4v) is 3.07. The van der Waals surface area contributed by atoms with Crippen molar-refractivity contribution in [3.8, 4) is 5.75 Å². The van der Waals surface area contributed by atoms with Crippen molar-refractivity contribution in [1.29, 1.82) is 0 Å². The molecule has 1 aromatic heterocycles. The number of ether oxygens (including phenoxy) is 1. The smallest absolute Gasteiger partial charge is 0.132 e. The summed E-state index contributed by atoms with van der Waals surface area (Å²) in [5.74, 6) is 2.37. The molecule has 2 N–H and O–H groups in total. The molecule has 1 aliphatic carbocycles. The predicted molar refractivity (Wildman–Crippen MR) is 111 cm³/mol. The van der Waals surface area contributed by atoms with Crippen molar-refractivity contribution in [1.82, 2.24) is 9.97 Å². The molecule has 1 fully saturated rings. The average molecular weight is 399 g/mol. The Hall–Kier alpha value is -1.56. The van der Waals surface area contributed by atoms with Crippen molar-refractivity contribution >= 4 is 30.6 Å². The number of anilines is 1. The molecule has 7 heteroatoms. The number of aryl methyl sites for hydroxylation is 2. The zero-order valence-electron chi connectivity index (χ0n) is 15.5. The topological polar surface area (TPSA) is 64.3 Å². The van der Waals surface area contributed by atoms with E-state index in [0.29, 0.717) is 18.6 Å². The highest BCUT2D eigenvalue weighted by atomic mass is 35.5. The maximum absolute atomic E-state index is 5.91. The molecule has 0 radical (unpaired) electrons. The van der Waals surface area contributed by atoms with Crippen LogP contribution in [-0.4, -0.2) is 36.2 Å². The second-order valence-electron chi connectivity index (χ2n) is 6.77. The van der Waals surface area contributed by atoms with E-state index in [4.69, 9.17) is 10.5 Å². The molecule has 0 aliphatic heterocycles. The minimum atomic E-state index is 0. The highest BCUT2D eigenvalue weighted by molar-refractivity contribution is 5.85. The molecule has 0 amide bonds. The summed E-state index contributed by atoms with van der Waals surface area (Å²) in [5, 5.41) is 0. The van der Waals surface area contributed by atoms with E-state index in [-0.39, 0.29) is 24.8 Å². The van der Waals surface area contributed by atoms with Gasteiger partial charge in [-0.15, -0.1) is 24.8 Å². The first kappa shape index (κ1) is 22.5. The van der Waals surface area contributed by atoms with Gasteiger partial charge in [-0.05, 0) is 38.3 Å². The van der Waals surface area contributed by atoms with E-state index >= 15 is 0 Å². The van der Waals surface area contributed by atoms with Gasteiger partial charge in [0.1, 0.15) is 24.5 Å². The lowest BCUT2D eigenvalue weighted by Crippen LogP contribution is -2.35. The van der Waals surface area contributed by atoms with Crippen molar-refractivity contribution in [3.63, 3.8) is 0 Å². The van der Waals surface area contributed by atoms with Gasteiger partial charge in [0.25, 0.3) is 0 Å². The van der Waals surface area contributed by atoms with Crippen LogP contribution in [0.5, 0.6) is 5.75 Å². The number of hydrogen-bond acceptors (Lipinski definition) is 5. The highest BCUT2D eigenvalue weighted by Crippen LogP contribution is 2.35. The molecule has 1 saturated carbocycles. The van der Waals surface area contributed by atoms with E-state index in [9.17, 15) is 0 Å². The molecule has 3 rings (SSSR count). The van der Waals surface area contributed by atoms with E-state index in [1.165, 1.54) is 11.1 Å². The molecule has 0 spiro atoms. The fourth-order valence-electron chi connectivity index (χ4n) is 3.07. The SMILES string of the molecule is Cc1ccc(OCCN(C)c2cc(C3CC(N)C3)ncn2)c(C)c1.Cl.Cl. The molecule has 144 valence electrons. The van der Waals surface area contributed by atoms with Crippen LogP contribution in [0.1, 0.15) is 35.6 Å². The zero-order valence-corrected chi connectivity index (χ0v) is 17.1. The molecule has 0 unspecified atom stereocenters. The summed E-state index contributed by atoms with van der Waals surface area (Å²) in [7, 11) is 2.03. The van der Waals surface area contributed by atoms with E-state index < -0.39 is 0 Å². The first-order valence-electron chi connectivity index (χ1n) is 8.51. The highest BCUT2D eigenvalue weighted by Gasteiger charge is 2.28. The third kappa shape index (κ3) is 5.47. The van der Waals surface area contributed by atoms with Gasteiger partial charge in [-0.3, -0.25) is 0 Å². The number of hydrogen-bond donors (Lipinski definition) is 1. The van der Waals surface area contributed by atoms with Crippen LogP contribution in [0.4, 0.5) is 5.82 Å². The van der Waals surface area contributed by atoms with Crippen LogP contribution < -0.4 is 15.4 Å².